The third-order valence-corrected chi connectivity index (χ3v) is 6.54. The molecule has 0 bridgehead atoms. The summed E-state index contributed by atoms with van der Waals surface area (Å²) in [6.45, 7) is 7.05. The molecule has 0 N–H and O–H groups in total. The van der Waals surface area contributed by atoms with Gasteiger partial charge in [-0.2, -0.15) is 5.26 Å². The molecule has 3 aromatic rings. The summed E-state index contributed by atoms with van der Waals surface area (Å²) in [5, 5.41) is 8.40. The van der Waals surface area contributed by atoms with Crippen molar-refractivity contribution in [3.05, 3.63) is 59.8 Å². The topological polar surface area (TPSA) is 86.9 Å². The van der Waals surface area contributed by atoms with Crippen LogP contribution in [0.5, 0.6) is 0 Å². The summed E-state index contributed by atoms with van der Waals surface area (Å²) >= 11 is 0. The monoisotopic (exact) mass is 394 g/mol. The third-order valence-electron chi connectivity index (χ3n) is 4.67. The number of aromatic nitrogens is 2. The molecular weight excluding hydrogens is 372 g/mol. The number of nitrogens with zero attached hydrogens (tertiary/aromatic N) is 4. The Morgan fingerprint density at radius 2 is 1.57 bits per heavy atom. The standard InChI is InChI=1S/C21H22N4O2S/c1-4-25(5-2)21-20(23-17-8-6-7-9-18(17)24-21)19(14-22)28(26,27)16-12-10-15(3)11-13-16/h6-13,19H,4-5H2,1-3H3/t19-/m1/s1. The number of anilines is 1. The van der Waals surface area contributed by atoms with Gasteiger partial charge in [-0.15, -0.1) is 0 Å². The first-order chi connectivity index (χ1) is 13.4. The van der Waals surface area contributed by atoms with Crippen LogP contribution in [0.1, 0.15) is 30.4 Å². The van der Waals surface area contributed by atoms with Crippen molar-refractivity contribution in [3.63, 3.8) is 0 Å². The van der Waals surface area contributed by atoms with Gasteiger partial charge < -0.3 is 4.90 Å². The molecule has 0 unspecified atom stereocenters. The third kappa shape index (κ3) is 3.56. The van der Waals surface area contributed by atoms with E-state index < -0.39 is 15.1 Å². The minimum Gasteiger partial charge on any atom is -0.356 e. The van der Waals surface area contributed by atoms with Crippen LogP contribution in [-0.2, 0) is 9.84 Å². The lowest BCUT2D eigenvalue weighted by Gasteiger charge is -2.24. The van der Waals surface area contributed by atoms with Crippen LogP contribution < -0.4 is 4.90 Å². The molecule has 3 rings (SSSR count). The van der Waals surface area contributed by atoms with Crippen molar-refractivity contribution in [3.8, 4) is 6.07 Å². The summed E-state index contributed by atoms with van der Waals surface area (Å²) in [6.07, 6.45) is 0. The average Bonchev–Trinajstić information content (AvgIpc) is 2.69. The highest BCUT2D eigenvalue weighted by Crippen LogP contribution is 2.33. The van der Waals surface area contributed by atoms with Crippen molar-refractivity contribution in [1.29, 1.82) is 5.26 Å². The van der Waals surface area contributed by atoms with E-state index in [1.165, 1.54) is 12.1 Å². The maximum Gasteiger partial charge on any atom is 0.200 e. The number of para-hydroxylation sites is 2. The van der Waals surface area contributed by atoms with Gasteiger partial charge in [-0.3, -0.25) is 0 Å². The number of fused-ring (bicyclic) bond motifs is 1. The highest BCUT2D eigenvalue weighted by Gasteiger charge is 2.34. The quantitative estimate of drug-likeness (QED) is 0.632. The summed E-state index contributed by atoms with van der Waals surface area (Å²) < 4.78 is 26.5. The Bertz CT molecular complexity index is 1130. The predicted molar refractivity (Wildman–Crippen MR) is 110 cm³/mol. The highest BCUT2D eigenvalue weighted by atomic mass is 32.2. The van der Waals surface area contributed by atoms with E-state index in [0.717, 1.165) is 5.56 Å². The number of aryl methyl sites for hydroxylation is 1. The van der Waals surface area contributed by atoms with E-state index in [1.807, 2.05) is 49.9 Å². The molecule has 144 valence electrons. The first kappa shape index (κ1) is 19.8. The minimum atomic E-state index is -3.95. The molecule has 1 heterocycles. The maximum absolute atomic E-state index is 13.3. The summed E-state index contributed by atoms with van der Waals surface area (Å²) in [4.78, 5) is 11.2. The van der Waals surface area contributed by atoms with Crippen LogP contribution in [0, 0.1) is 18.3 Å². The van der Waals surface area contributed by atoms with Crippen LogP contribution in [0.4, 0.5) is 5.82 Å². The van der Waals surface area contributed by atoms with Gasteiger partial charge in [0.25, 0.3) is 0 Å². The molecule has 0 radical (unpaired) electrons. The lowest BCUT2D eigenvalue weighted by atomic mass is 10.2. The van der Waals surface area contributed by atoms with Crippen molar-refractivity contribution < 1.29 is 8.42 Å². The van der Waals surface area contributed by atoms with Crippen LogP contribution in [-0.4, -0.2) is 31.5 Å². The first-order valence-electron chi connectivity index (χ1n) is 9.14. The van der Waals surface area contributed by atoms with E-state index in [0.29, 0.717) is 29.9 Å². The van der Waals surface area contributed by atoms with Gasteiger partial charge in [-0.25, -0.2) is 18.4 Å². The van der Waals surface area contributed by atoms with Gasteiger partial charge in [0.1, 0.15) is 5.69 Å². The predicted octanol–water partition coefficient (Wildman–Crippen LogP) is 3.82. The Labute approximate surface area is 165 Å². The smallest absolute Gasteiger partial charge is 0.200 e. The summed E-state index contributed by atoms with van der Waals surface area (Å²) in [5.74, 6) is 0.436. The summed E-state index contributed by atoms with van der Waals surface area (Å²) in [5.41, 5.74) is 2.34. The normalized spacial score (nSPS) is 12.5. The summed E-state index contributed by atoms with van der Waals surface area (Å²) in [7, 11) is -3.95. The zero-order valence-electron chi connectivity index (χ0n) is 16.1. The van der Waals surface area contributed by atoms with E-state index in [2.05, 4.69) is 9.97 Å². The van der Waals surface area contributed by atoms with Crippen molar-refractivity contribution >= 4 is 26.7 Å². The maximum atomic E-state index is 13.3. The van der Waals surface area contributed by atoms with E-state index in [-0.39, 0.29) is 10.6 Å². The number of hydrogen-bond donors (Lipinski definition) is 0. The molecule has 0 aliphatic heterocycles. The van der Waals surface area contributed by atoms with Crippen molar-refractivity contribution in [2.24, 2.45) is 0 Å². The zero-order valence-corrected chi connectivity index (χ0v) is 16.9. The number of sulfone groups is 1. The zero-order chi connectivity index (χ0) is 20.3. The molecule has 6 nitrogen and oxygen atoms in total. The van der Waals surface area contributed by atoms with Gasteiger partial charge in [0, 0.05) is 13.1 Å². The van der Waals surface area contributed by atoms with E-state index in [4.69, 9.17) is 0 Å². The molecule has 0 fully saturated rings. The van der Waals surface area contributed by atoms with Crippen molar-refractivity contribution in [2.45, 2.75) is 30.9 Å². The number of benzene rings is 2. The van der Waals surface area contributed by atoms with Gasteiger partial charge in [-0.05, 0) is 45.0 Å². The van der Waals surface area contributed by atoms with Gasteiger partial charge in [0.2, 0.25) is 9.84 Å². The molecule has 0 saturated carbocycles. The molecule has 0 saturated heterocycles. The summed E-state index contributed by atoms with van der Waals surface area (Å²) in [6, 6.07) is 15.7. The molecule has 0 aliphatic carbocycles. The van der Waals surface area contributed by atoms with E-state index in [1.54, 1.807) is 18.2 Å². The molecule has 1 aromatic heterocycles. The lowest BCUT2D eigenvalue weighted by molar-refractivity contribution is 0.590. The Morgan fingerprint density at radius 3 is 2.11 bits per heavy atom. The van der Waals surface area contributed by atoms with E-state index in [9.17, 15) is 13.7 Å². The Kier molecular flexibility index (Phi) is 5.61. The average molecular weight is 395 g/mol. The van der Waals surface area contributed by atoms with Crippen LogP contribution >= 0.6 is 0 Å². The second-order valence-corrected chi connectivity index (χ2v) is 8.49. The van der Waals surface area contributed by atoms with Gasteiger partial charge in [0.05, 0.1) is 22.0 Å². The SMILES string of the molecule is CCN(CC)c1nc2ccccc2nc1[C@@H](C#N)S(=O)(=O)c1ccc(C)cc1. The lowest BCUT2D eigenvalue weighted by Crippen LogP contribution is -2.27. The molecule has 28 heavy (non-hydrogen) atoms. The number of nitriles is 1. The van der Waals surface area contributed by atoms with Crippen LogP contribution in [0.25, 0.3) is 11.0 Å². The Balaban J connectivity index is 2.25. The van der Waals surface area contributed by atoms with E-state index >= 15 is 0 Å². The fourth-order valence-corrected chi connectivity index (χ4v) is 4.46. The first-order valence-corrected chi connectivity index (χ1v) is 10.7. The second kappa shape index (κ2) is 7.95. The molecule has 2 aromatic carbocycles. The van der Waals surface area contributed by atoms with Crippen LogP contribution in [0.15, 0.2) is 53.4 Å². The minimum absolute atomic E-state index is 0.102. The molecular formula is C21H22N4O2S. The number of rotatable bonds is 6. The van der Waals surface area contributed by atoms with Crippen LogP contribution in [0.3, 0.4) is 0 Å². The van der Waals surface area contributed by atoms with Gasteiger partial charge in [0.15, 0.2) is 11.1 Å². The fourth-order valence-electron chi connectivity index (χ4n) is 3.08. The largest absolute Gasteiger partial charge is 0.356 e. The molecule has 0 amide bonds. The molecule has 0 spiro atoms. The van der Waals surface area contributed by atoms with Crippen LogP contribution in [0.2, 0.25) is 0 Å². The highest BCUT2D eigenvalue weighted by molar-refractivity contribution is 7.92. The fraction of sp³-hybridized carbons (Fsp3) is 0.286. The van der Waals surface area contributed by atoms with Crippen molar-refractivity contribution in [1.82, 2.24) is 9.97 Å². The van der Waals surface area contributed by atoms with Gasteiger partial charge >= 0.3 is 0 Å². The Morgan fingerprint density at radius 1 is 1.00 bits per heavy atom. The molecule has 0 aliphatic rings. The number of hydrogen-bond acceptors (Lipinski definition) is 6. The molecule has 7 heteroatoms. The van der Waals surface area contributed by atoms with Crippen molar-refractivity contribution in [2.75, 3.05) is 18.0 Å². The Hall–Kier alpha value is -2.98. The second-order valence-electron chi connectivity index (χ2n) is 6.46. The molecule has 1 atom stereocenters. The van der Waals surface area contributed by atoms with Gasteiger partial charge in [-0.1, -0.05) is 29.8 Å².